The van der Waals surface area contributed by atoms with E-state index in [2.05, 4.69) is 17.6 Å². The predicted molar refractivity (Wildman–Crippen MR) is 89.1 cm³/mol. The highest BCUT2D eigenvalue weighted by atomic mass is 35.5. The molecule has 1 aliphatic carbocycles. The molecule has 0 aromatic heterocycles. The maximum atomic E-state index is 12.6. The summed E-state index contributed by atoms with van der Waals surface area (Å²) in [7, 11) is 0. The second kappa shape index (κ2) is 7.69. The van der Waals surface area contributed by atoms with E-state index in [1.807, 2.05) is 19.1 Å². The molecule has 0 spiro atoms. The number of hydrogen-bond donors (Lipinski definition) is 2. The van der Waals surface area contributed by atoms with Gasteiger partial charge in [0.1, 0.15) is 0 Å². The van der Waals surface area contributed by atoms with Gasteiger partial charge in [-0.1, -0.05) is 37.8 Å². The van der Waals surface area contributed by atoms with E-state index in [1.54, 1.807) is 6.07 Å². The SMILES string of the molecule is CCNc1ccc(Cl)cc1C(=O)NC1CCCCC1CC. The smallest absolute Gasteiger partial charge is 0.253 e. The Balaban J connectivity index is 2.13. The molecule has 0 aliphatic heterocycles. The topological polar surface area (TPSA) is 41.1 Å². The molecule has 0 radical (unpaired) electrons. The van der Waals surface area contributed by atoms with Crippen molar-refractivity contribution in [2.75, 3.05) is 11.9 Å². The molecule has 1 amide bonds. The van der Waals surface area contributed by atoms with Gasteiger partial charge in [-0.2, -0.15) is 0 Å². The van der Waals surface area contributed by atoms with Gasteiger partial charge in [0, 0.05) is 23.3 Å². The molecule has 116 valence electrons. The number of amides is 1. The van der Waals surface area contributed by atoms with Crippen molar-refractivity contribution in [3.8, 4) is 0 Å². The molecule has 1 aliphatic rings. The van der Waals surface area contributed by atoms with E-state index in [-0.39, 0.29) is 5.91 Å². The molecule has 2 rings (SSSR count). The summed E-state index contributed by atoms with van der Waals surface area (Å²) in [4.78, 5) is 12.6. The molecule has 1 saturated carbocycles. The lowest BCUT2D eigenvalue weighted by Crippen LogP contribution is -2.42. The fraction of sp³-hybridized carbons (Fsp3) is 0.588. The van der Waals surface area contributed by atoms with Crippen LogP contribution in [0.5, 0.6) is 0 Å². The molecule has 2 atom stereocenters. The Morgan fingerprint density at radius 3 is 2.76 bits per heavy atom. The standard InChI is InChI=1S/C17H25ClN2O/c1-3-12-7-5-6-8-15(12)20-17(21)14-11-13(18)9-10-16(14)19-4-2/h9-12,15,19H,3-8H2,1-2H3,(H,20,21). The van der Waals surface area contributed by atoms with Crippen molar-refractivity contribution >= 4 is 23.2 Å². The van der Waals surface area contributed by atoms with Crippen LogP contribution in [-0.4, -0.2) is 18.5 Å². The highest BCUT2D eigenvalue weighted by Gasteiger charge is 2.26. The molecule has 0 bridgehead atoms. The van der Waals surface area contributed by atoms with Crippen molar-refractivity contribution in [2.45, 2.75) is 52.0 Å². The lowest BCUT2D eigenvalue weighted by Gasteiger charge is -2.31. The number of rotatable bonds is 5. The third-order valence-electron chi connectivity index (χ3n) is 4.34. The van der Waals surface area contributed by atoms with Gasteiger partial charge in [-0.25, -0.2) is 0 Å². The van der Waals surface area contributed by atoms with E-state index < -0.39 is 0 Å². The van der Waals surface area contributed by atoms with Crippen molar-refractivity contribution in [1.29, 1.82) is 0 Å². The molecular weight excluding hydrogens is 284 g/mol. The minimum absolute atomic E-state index is 0.0150. The van der Waals surface area contributed by atoms with Gasteiger partial charge in [-0.3, -0.25) is 4.79 Å². The number of hydrogen-bond acceptors (Lipinski definition) is 2. The van der Waals surface area contributed by atoms with Crippen LogP contribution in [-0.2, 0) is 0 Å². The van der Waals surface area contributed by atoms with E-state index in [1.165, 1.54) is 19.3 Å². The first-order chi connectivity index (χ1) is 10.2. The van der Waals surface area contributed by atoms with Gasteiger partial charge >= 0.3 is 0 Å². The minimum atomic E-state index is -0.0150. The summed E-state index contributed by atoms with van der Waals surface area (Å²) in [6, 6.07) is 5.73. The van der Waals surface area contributed by atoms with Crippen molar-refractivity contribution in [3.05, 3.63) is 28.8 Å². The number of carbonyl (C=O) groups excluding carboxylic acids is 1. The quantitative estimate of drug-likeness (QED) is 0.842. The first-order valence-corrected chi connectivity index (χ1v) is 8.37. The fourth-order valence-electron chi connectivity index (χ4n) is 3.18. The Kier molecular flexibility index (Phi) is 5.92. The number of carbonyl (C=O) groups is 1. The van der Waals surface area contributed by atoms with Crippen molar-refractivity contribution in [2.24, 2.45) is 5.92 Å². The summed E-state index contributed by atoms with van der Waals surface area (Å²) in [5.41, 5.74) is 1.49. The van der Waals surface area contributed by atoms with Crippen molar-refractivity contribution in [3.63, 3.8) is 0 Å². The molecule has 1 aromatic carbocycles. The van der Waals surface area contributed by atoms with Gasteiger partial charge in [0.2, 0.25) is 0 Å². The Labute approximate surface area is 132 Å². The number of halogens is 1. The van der Waals surface area contributed by atoms with Crippen LogP contribution in [0.3, 0.4) is 0 Å². The zero-order chi connectivity index (χ0) is 15.2. The van der Waals surface area contributed by atoms with Crippen LogP contribution in [0, 0.1) is 5.92 Å². The van der Waals surface area contributed by atoms with Gasteiger partial charge in [-0.15, -0.1) is 0 Å². The molecule has 4 heteroatoms. The van der Waals surface area contributed by atoms with Gasteiger partial charge < -0.3 is 10.6 Å². The third-order valence-corrected chi connectivity index (χ3v) is 4.58. The second-order valence-electron chi connectivity index (χ2n) is 5.75. The number of anilines is 1. The highest BCUT2D eigenvalue weighted by molar-refractivity contribution is 6.31. The van der Waals surface area contributed by atoms with Gasteiger partial charge in [0.05, 0.1) is 5.56 Å². The zero-order valence-corrected chi connectivity index (χ0v) is 13.7. The lowest BCUT2D eigenvalue weighted by atomic mass is 9.83. The molecule has 1 fully saturated rings. The van der Waals surface area contributed by atoms with Crippen LogP contribution in [0.1, 0.15) is 56.3 Å². The first kappa shape index (κ1) is 16.2. The minimum Gasteiger partial charge on any atom is -0.385 e. The summed E-state index contributed by atoms with van der Waals surface area (Å²) in [5.74, 6) is 0.586. The molecule has 2 unspecified atom stereocenters. The number of nitrogens with one attached hydrogen (secondary N) is 2. The molecular formula is C17H25ClN2O. The van der Waals surface area contributed by atoms with E-state index in [0.717, 1.165) is 25.1 Å². The fourth-order valence-corrected chi connectivity index (χ4v) is 3.35. The lowest BCUT2D eigenvalue weighted by molar-refractivity contribution is 0.0905. The third kappa shape index (κ3) is 4.13. The van der Waals surface area contributed by atoms with Crippen molar-refractivity contribution < 1.29 is 4.79 Å². The summed E-state index contributed by atoms with van der Waals surface area (Å²) >= 11 is 6.05. The summed E-state index contributed by atoms with van der Waals surface area (Å²) in [6.45, 7) is 5.01. The summed E-state index contributed by atoms with van der Waals surface area (Å²) in [6.07, 6.45) is 5.92. The molecule has 0 saturated heterocycles. The van der Waals surface area contributed by atoms with Gasteiger partial charge in [0.25, 0.3) is 5.91 Å². The molecule has 2 N–H and O–H groups in total. The Bertz CT molecular complexity index is 490. The number of benzene rings is 1. The van der Waals surface area contributed by atoms with Crippen LogP contribution in [0.4, 0.5) is 5.69 Å². The molecule has 1 aromatic rings. The van der Waals surface area contributed by atoms with Crippen molar-refractivity contribution in [1.82, 2.24) is 5.32 Å². The largest absolute Gasteiger partial charge is 0.385 e. The molecule has 0 heterocycles. The maximum Gasteiger partial charge on any atom is 0.253 e. The van der Waals surface area contributed by atoms with E-state index in [9.17, 15) is 4.79 Å². The highest BCUT2D eigenvalue weighted by Crippen LogP contribution is 2.28. The van der Waals surface area contributed by atoms with Gasteiger partial charge in [-0.05, 0) is 43.9 Å². The average molecular weight is 309 g/mol. The van der Waals surface area contributed by atoms with Crippen LogP contribution in [0.25, 0.3) is 0 Å². The Morgan fingerprint density at radius 2 is 2.05 bits per heavy atom. The molecule has 21 heavy (non-hydrogen) atoms. The summed E-state index contributed by atoms with van der Waals surface area (Å²) < 4.78 is 0. The zero-order valence-electron chi connectivity index (χ0n) is 12.9. The van der Waals surface area contributed by atoms with E-state index in [4.69, 9.17) is 11.6 Å². The maximum absolute atomic E-state index is 12.6. The average Bonchev–Trinajstić information content (AvgIpc) is 2.49. The van der Waals surface area contributed by atoms with E-state index >= 15 is 0 Å². The second-order valence-corrected chi connectivity index (χ2v) is 6.19. The van der Waals surface area contributed by atoms with Gasteiger partial charge in [0.15, 0.2) is 0 Å². The normalized spacial score (nSPS) is 21.9. The van der Waals surface area contributed by atoms with Crippen LogP contribution in [0.2, 0.25) is 5.02 Å². The van der Waals surface area contributed by atoms with Crippen LogP contribution < -0.4 is 10.6 Å². The summed E-state index contributed by atoms with van der Waals surface area (Å²) in [5, 5.41) is 7.05. The predicted octanol–water partition coefficient (Wildman–Crippen LogP) is 4.47. The van der Waals surface area contributed by atoms with Crippen LogP contribution >= 0.6 is 11.6 Å². The Hall–Kier alpha value is -1.22. The Morgan fingerprint density at radius 1 is 1.29 bits per heavy atom. The molecule has 3 nitrogen and oxygen atoms in total. The van der Waals surface area contributed by atoms with Crippen LogP contribution in [0.15, 0.2) is 18.2 Å². The first-order valence-electron chi connectivity index (χ1n) is 8.00. The monoisotopic (exact) mass is 308 g/mol. The van der Waals surface area contributed by atoms with E-state index in [0.29, 0.717) is 22.5 Å².